The molecule has 5 rings (SSSR count). The number of nitrogens with zero attached hydrogens (tertiary/aromatic N) is 3. The van der Waals surface area contributed by atoms with E-state index in [2.05, 4.69) is 52.2 Å². The molecule has 3 aromatic rings. The number of hydrogen-bond donors (Lipinski definition) is 1. The van der Waals surface area contributed by atoms with Crippen molar-refractivity contribution in [3.63, 3.8) is 0 Å². The average Bonchev–Trinajstić information content (AvgIpc) is 3.45. The summed E-state index contributed by atoms with van der Waals surface area (Å²) in [5, 5.41) is 8.01. The van der Waals surface area contributed by atoms with Crippen molar-refractivity contribution in [3.8, 4) is 11.1 Å². The Balaban J connectivity index is 0.000000821. The molecule has 6 nitrogen and oxygen atoms in total. The van der Waals surface area contributed by atoms with E-state index < -0.39 is 0 Å². The second-order valence-corrected chi connectivity index (χ2v) is 9.50. The SMILES string of the molecule is Cc1ccc2c(c1)Cc1nc(Cc3ccsc3)nc(NCCCN3CCCCC3)c1-2.O=C=O. The van der Waals surface area contributed by atoms with Crippen molar-refractivity contribution in [2.24, 2.45) is 0 Å². The number of fused-ring (bicyclic) bond motifs is 3. The number of nitrogens with one attached hydrogen (secondary N) is 1. The number of thiophene rings is 1. The zero-order valence-electron chi connectivity index (χ0n) is 19.1. The third-order valence-corrected chi connectivity index (χ3v) is 6.98. The minimum atomic E-state index is 0.250. The highest BCUT2D eigenvalue weighted by atomic mass is 32.1. The van der Waals surface area contributed by atoms with Gasteiger partial charge in [0.1, 0.15) is 11.6 Å². The van der Waals surface area contributed by atoms with Crippen molar-refractivity contribution in [1.29, 1.82) is 0 Å². The first-order chi connectivity index (χ1) is 16.2. The van der Waals surface area contributed by atoms with E-state index in [9.17, 15) is 0 Å². The van der Waals surface area contributed by atoms with Crippen LogP contribution >= 0.6 is 11.3 Å². The van der Waals surface area contributed by atoms with E-state index in [1.54, 1.807) is 11.3 Å². The normalized spacial score (nSPS) is 14.6. The predicted octanol–water partition coefficient (Wildman–Crippen LogP) is 4.71. The molecule has 1 aliphatic heterocycles. The molecule has 1 fully saturated rings. The molecule has 3 heterocycles. The Bertz CT molecular complexity index is 1100. The van der Waals surface area contributed by atoms with Crippen LogP contribution in [0.15, 0.2) is 35.0 Å². The van der Waals surface area contributed by atoms with Gasteiger partial charge in [-0.1, -0.05) is 30.2 Å². The van der Waals surface area contributed by atoms with Crippen LogP contribution in [0.5, 0.6) is 0 Å². The van der Waals surface area contributed by atoms with Gasteiger partial charge in [-0.05, 0) is 79.3 Å². The Morgan fingerprint density at radius 1 is 1.12 bits per heavy atom. The molecule has 1 aromatic carbocycles. The maximum atomic E-state index is 8.12. The van der Waals surface area contributed by atoms with E-state index in [0.717, 1.165) is 37.4 Å². The molecule has 1 aliphatic carbocycles. The molecular weight excluding hydrogens is 432 g/mol. The molecule has 172 valence electrons. The van der Waals surface area contributed by atoms with E-state index in [-0.39, 0.29) is 6.15 Å². The van der Waals surface area contributed by atoms with E-state index >= 15 is 0 Å². The Morgan fingerprint density at radius 2 is 1.94 bits per heavy atom. The maximum Gasteiger partial charge on any atom is 0.373 e. The summed E-state index contributed by atoms with van der Waals surface area (Å²) in [7, 11) is 0. The van der Waals surface area contributed by atoms with Gasteiger partial charge in [0.15, 0.2) is 0 Å². The van der Waals surface area contributed by atoms with Crippen molar-refractivity contribution in [3.05, 3.63) is 63.2 Å². The predicted molar refractivity (Wildman–Crippen MR) is 131 cm³/mol. The zero-order chi connectivity index (χ0) is 23.0. The van der Waals surface area contributed by atoms with E-state index in [0.29, 0.717) is 0 Å². The fraction of sp³-hybridized carbons (Fsp3) is 0.423. The second-order valence-electron chi connectivity index (χ2n) is 8.72. The Morgan fingerprint density at radius 3 is 2.70 bits per heavy atom. The first kappa shape index (κ1) is 23.3. The fourth-order valence-electron chi connectivity index (χ4n) is 4.74. The van der Waals surface area contributed by atoms with Gasteiger partial charge >= 0.3 is 6.15 Å². The van der Waals surface area contributed by atoms with Gasteiger partial charge in [-0.15, -0.1) is 0 Å². The van der Waals surface area contributed by atoms with Gasteiger partial charge in [-0.25, -0.2) is 9.97 Å². The first-order valence-corrected chi connectivity index (χ1v) is 12.6. The fourth-order valence-corrected chi connectivity index (χ4v) is 5.41. The Hall–Kier alpha value is -2.86. The Labute approximate surface area is 199 Å². The number of likely N-dealkylation sites (tertiary alicyclic amines) is 1. The van der Waals surface area contributed by atoms with E-state index in [4.69, 9.17) is 19.6 Å². The van der Waals surface area contributed by atoms with Gasteiger partial charge in [-0.2, -0.15) is 20.9 Å². The number of piperidine rings is 1. The average molecular weight is 463 g/mol. The highest BCUT2D eigenvalue weighted by molar-refractivity contribution is 7.07. The monoisotopic (exact) mass is 462 g/mol. The van der Waals surface area contributed by atoms with Crippen molar-refractivity contribution >= 4 is 23.3 Å². The molecule has 0 saturated carbocycles. The van der Waals surface area contributed by atoms with E-state index in [1.165, 1.54) is 72.4 Å². The van der Waals surface area contributed by atoms with Crippen LogP contribution in [-0.2, 0) is 22.4 Å². The van der Waals surface area contributed by atoms with Crippen LogP contribution in [0.1, 0.15) is 53.9 Å². The molecule has 0 unspecified atom stereocenters. The lowest BCUT2D eigenvalue weighted by Gasteiger charge is -2.26. The van der Waals surface area contributed by atoms with Crippen LogP contribution in [0.3, 0.4) is 0 Å². The Kier molecular flexibility index (Phi) is 8.00. The van der Waals surface area contributed by atoms with Crippen molar-refractivity contribution in [1.82, 2.24) is 14.9 Å². The minimum Gasteiger partial charge on any atom is -0.369 e. The largest absolute Gasteiger partial charge is 0.373 e. The molecular formula is C26H30N4O2S. The summed E-state index contributed by atoms with van der Waals surface area (Å²) in [6.45, 7) is 6.83. The lowest BCUT2D eigenvalue weighted by molar-refractivity contribution is -0.191. The highest BCUT2D eigenvalue weighted by Crippen LogP contribution is 2.40. The summed E-state index contributed by atoms with van der Waals surface area (Å²) in [5.74, 6) is 1.95. The van der Waals surface area contributed by atoms with Gasteiger partial charge < -0.3 is 10.2 Å². The number of anilines is 1. The molecule has 1 saturated heterocycles. The summed E-state index contributed by atoms with van der Waals surface area (Å²) in [6, 6.07) is 8.92. The van der Waals surface area contributed by atoms with Crippen LogP contribution in [0.25, 0.3) is 11.1 Å². The molecule has 1 N–H and O–H groups in total. The number of hydrogen-bond acceptors (Lipinski definition) is 7. The summed E-state index contributed by atoms with van der Waals surface area (Å²) < 4.78 is 0. The standard InChI is InChI=1S/C25H30N4S.CO2/c1-18-6-7-21-20(14-18)16-22-24(21)25(26-9-5-12-29-10-3-2-4-11-29)28-23(27-22)15-19-8-13-30-17-19;2-1-3/h6-8,13-14,17H,2-5,9-12,15-16H2,1H3,(H,26,27,28);. The van der Waals surface area contributed by atoms with Crippen LogP contribution in [0.4, 0.5) is 5.82 Å². The molecule has 0 spiro atoms. The van der Waals surface area contributed by atoms with Gasteiger partial charge in [0.05, 0.1) is 5.69 Å². The van der Waals surface area contributed by atoms with Crippen molar-refractivity contribution in [2.75, 3.05) is 31.5 Å². The molecule has 2 aliphatic rings. The summed E-state index contributed by atoms with van der Waals surface area (Å²) in [6.07, 6.45) is 7.22. The molecule has 7 heteroatoms. The molecule has 0 amide bonds. The van der Waals surface area contributed by atoms with Gasteiger partial charge in [0.2, 0.25) is 0 Å². The second kappa shape index (κ2) is 11.3. The number of aryl methyl sites for hydroxylation is 1. The summed E-state index contributed by atoms with van der Waals surface area (Å²) in [4.78, 5) is 28.8. The van der Waals surface area contributed by atoms with Crippen LogP contribution in [-0.4, -0.2) is 47.2 Å². The zero-order valence-corrected chi connectivity index (χ0v) is 19.9. The van der Waals surface area contributed by atoms with Crippen molar-refractivity contribution < 1.29 is 9.59 Å². The maximum absolute atomic E-state index is 8.12. The topological polar surface area (TPSA) is 75.2 Å². The molecule has 2 aromatic heterocycles. The van der Waals surface area contributed by atoms with Crippen LogP contribution < -0.4 is 5.32 Å². The summed E-state index contributed by atoms with van der Waals surface area (Å²) in [5.41, 5.74) is 7.68. The minimum absolute atomic E-state index is 0.250. The van der Waals surface area contributed by atoms with Gasteiger partial charge in [-0.3, -0.25) is 0 Å². The lowest BCUT2D eigenvalue weighted by Crippen LogP contribution is -2.31. The number of rotatable bonds is 7. The molecule has 0 bridgehead atoms. The van der Waals surface area contributed by atoms with Crippen LogP contribution in [0.2, 0.25) is 0 Å². The molecule has 0 radical (unpaired) electrons. The number of benzene rings is 1. The quantitative estimate of drug-likeness (QED) is 0.401. The highest BCUT2D eigenvalue weighted by Gasteiger charge is 2.25. The van der Waals surface area contributed by atoms with Gasteiger partial charge in [0, 0.05) is 24.9 Å². The van der Waals surface area contributed by atoms with E-state index in [1.807, 2.05) is 0 Å². The molecule has 0 atom stereocenters. The lowest BCUT2D eigenvalue weighted by atomic mass is 10.0. The number of carbonyl (C=O) groups excluding carboxylic acids is 2. The van der Waals surface area contributed by atoms with Crippen LogP contribution in [0, 0.1) is 6.92 Å². The third-order valence-electron chi connectivity index (χ3n) is 6.25. The van der Waals surface area contributed by atoms with Crippen molar-refractivity contribution in [2.45, 2.75) is 45.4 Å². The first-order valence-electron chi connectivity index (χ1n) is 11.6. The summed E-state index contributed by atoms with van der Waals surface area (Å²) >= 11 is 1.73. The smallest absolute Gasteiger partial charge is 0.369 e. The third kappa shape index (κ3) is 5.93. The van der Waals surface area contributed by atoms with Gasteiger partial charge in [0.25, 0.3) is 0 Å². The number of aromatic nitrogens is 2. The molecule has 33 heavy (non-hydrogen) atoms.